The molecule has 2 atom stereocenters. The van der Waals surface area contributed by atoms with E-state index in [-0.39, 0.29) is 10.8 Å². The van der Waals surface area contributed by atoms with Crippen molar-refractivity contribution in [1.29, 1.82) is 0 Å². The lowest BCUT2D eigenvalue weighted by Gasteiger charge is -2.16. The van der Waals surface area contributed by atoms with E-state index in [0.29, 0.717) is 0 Å². The van der Waals surface area contributed by atoms with Gasteiger partial charge in [0.15, 0.2) is 0 Å². The van der Waals surface area contributed by atoms with E-state index >= 15 is 0 Å². The van der Waals surface area contributed by atoms with Crippen molar-refractivity contribution in [1.82, 2.24) is 0 Å². The highest BCUT2D eigenvalue weighted by Crippen LogP contribution is 2.71. The van der Waals surface area contributed by atoms with Gasteiger partial charge in [0.2, 0.25) is 0 Å². The SMILES string of the molecule is C[C@@]1(CC[C@]2(C)CC2(Cl)Cl)CC1(Cl)Cl. The van der Waals surface area contributed by atoms with Gasteiger partial charge in [-0.3, -0.25) is 0 Å². The smallest absolute Gasteiger partial charge is 0.101 e. The van der Waals surface area contributed by atoms with E-state index < -0.39 is 8.67 Å². The molecule has 2 fully saturated rings. The van der Waals surface area contributed by atoms with E-state index in [1.54, 1.807) is 0 Å². The maximum atomic E-state index is 6.07. The molecule has 2 aliphatic rings. The van der Waals surface area contributed by atoms with Crippen LogP contribution in [-0.4, -0.2) is 8.67 Å². The van der Waals surface area contributed by atoms with Gasteiger partial charge in [0, 0.05) is 10.8 Å². The Balaban J connectivity index is 1.86. The normalized spacial score (nSPS) is 47.6. The highest BCUT2D eigenvalue weighted by molar-refractivity contribution is 6.52. The molecule has 0 bridgehead atoms. The molecular weight excluding hydrogens is 262 g/mol. The van der Waals surface area contributed by atoms with Gasteiger partial charge < -0.3 is 0 Å². The Morgan fingerprint density at radius 1 is 0.786 bits per heavy atom. The Morgan fingerprint density at radius 3 is 1.14 bits per heavy atom. The number of halogens is 4. The summed E-state index contributed by atoms with van der Waals surface area (Å²) >= 11 is 24.3. The molecule has 0 spiro atoms. The third-order valence-corrected chi connectivity index (χ3v) is 6.33. The summed E-state index contributed by atoms with van der Waals surface area (Å²) in [6.45, 7) is 4.26. The van der Waals surface area contributed by atoms with Gasteiger partial charge >= 0.3 is 0 Å². The topological polar surface area (TPSA) is 0 Å². The third kappa shape index (κ3) is 1.67. The maximum Gasteiger partial charge on any atom is 0.124 e. The second-order valence-corrected chi connectivity index (χ2v) is 8.35. The molecule has 2 rings (SSSR count). The van der Waals surface area contributed by atoms with Crippen LogP contribution in [0.25, 0.3) is 0 Å². The average molecular weight is 276 g/mol. The quantitative estimate of drug-likeness (QED) is 0.641. The van der Waals surface area contributed by atoms with Crippen LogP contribution >= 0.6 is 46.4 Å². The minimum Gasteiger partial charge on any atom is -0.101 e. The first-order valence-corrected chi connectivity index (χ1v) is 6.39. The highest BCUT2D eigenvalue weighted by Gasteiger charge is 2.66. The Hall–Kier alpha value is 1.16. The van der Waals surface area contributed by atoms with Crippen molar-refractivity contribution in [3.8, 4) is 0 Å². The molecular formula is C10H14Cl4. The zero-order valence-electron chi connectivity index (χ0n) is 8.34. The minimum absolute atomic E-state index is 0.0750. The molecule has 0 aromatic heterocycles. The van der Waals surface area contributed by atoms with Crippen molar-refractivity contribution in [3.63, 3.8) is 0 Å². The number of hydrogen-bond donors (Lipinski definition) is 0. The molecule has 14 heavy (non-hydrogen) atoms. The molecule has 0 heterocycles. The summed E-state index contributed by atoms with van der Waals surface area (Å²) < 4.78 is -1.03. The van der Waals surface area contributed by atoms with Gasteiger partial charge in [-0.2, -0.15) is 0 Å². The van der Waals surface area contributed by atoms with Gasteiger partial charge in [0.1, 0.15) is 8.67 Å². The van der Waals surface area contributed by atoms with Gasteiger partial charge in [-0.05, 0) is 25.7 Å². The van der Waals surface area contributed by atoms with Gasteiger partial charge in [-0.1, -0.05) is 13.8 Å². The third-order valence-electron chi connectivity index (χ3n) is 3.97. The van der Waals surface area contributed by atoms with E-state index in [1.165, 1.54) is 0 Å². The summed E-state index contributed by atoms with van der Waals surface area (Å²) in [7, 11) is 0. The van der Waals surface area contributed by atoms with Crippen molar-refractivity contribution < 1.29 is 0 Å². The van der Waals surface area contributed by atoms with Crippen molar-refractivity contribution in [2.45, 2.75) is 48.2 Å². The predicted octanol–water partition coefficient (Wildman–Crippen LogP) is 4.93. The fraction of sp³-hybridized carbons (Fsp3) is 1.00. The van der Waals surface area contributed by atoms with Crippen LogP contribution in [-0.2, 0) is 0 Å². The monoisotopic (exact) mass is 274 g/mol. The highest BCUT2D eigenvalue weighted by atomic mass is 35.5. The molecule has 0 unspecified atom stereocenters. The molecule has 0 aromatic carbocycles. The molecule has 0 aliphatic heterocycles. The fourth-order valence-corrected chi connectivity index (χ4v) is 3.54. The Labute approximate surface area is 105 Å². The zero-order valence-corrected chi connectivity index (χ0v) is 11.4. The average Bonchev–Trinajstić information content (AvgIpc) is 2.66. The summed E-state index contributed by atoms with van der Waals surface area (Å²) in [6.07, 6.45) is 3.79. The van der Waals surface area contributed by atoms with E-state index in [9.17, 15) is 0 Å². The van der Waals surface area contributed by atoms with Gasteiger partial charge in [0.25, 0.3) is 0 Å². The van der Waals surface area contributed by atoms with E-state index in [4.69, 9.17) is 46.4 Å². The first-order valence-electron chi connectivity index (χ1n) is 4.88. The van der Waals surface area contributed by atoms with Crippen LogP contribution in [0.4, 0.5) is 0 Å². The predicted molar refractivity (Wildman–Crippen MR) is 63.6 cm³/mol. The molecule has 0 saturated heterocycles. The summed E-state index contributed by atoms with van der Waals surface area (Å²) in [5.74, 6) is 0. The largest absolute Gasteiger partial charge is 0.124 e. The van der Waals surface area contributed by atoms with Crippen molar-refractivity contribution >= 4 is 46.4 Å². The second-order valence-electron chi connectivity index (χ2n) is 5.38. The van der Waals surface area contributed by atoms with Crippen molar-refractivity contribution in [3.05, 3.63) is 0 Å². The number of alkyl halides is 4. The van der Waals surface area contributed by atoms with Gasteiger partial charge in [-0.25, -0.2) is 0 Å². The number of hydrogen-bond acceptors (Lipinski definition) is 0. The van der Waals surface area contributed by atoms with Gasteiger partial charge in [0.05, 0.1) is 0 Å². The minimum atomic E-state index is -0.514. The van der Waals surface area contributed by atoms with Crippen molar-refractivity contribution in [2.75, 3.05) is 0 Å². The zero-order chi connectivity index (χ0) is 10.8. The van der Waals surface area contributed by atoms with E-state index in [2.05, 4.69) is 13.8 Å². The standard InChI is InChI=1S/C10H14Cl4/c1-7(5-9(7,11)12)3-4-8(2)6-10(8,13)14/h3-6H2,1-2H3/t7-,8-/m1/s1. The molecule has 2 aliphatic carbocycles. The first-order chi connectivity index (χ1) is 6.12. The van der Waals surface area contributed by atoms with Crippen LogP contribution in [0, 0.1) is 10.8 Å². The van der Waals surface area contributed by atoms with Crippen LogP contribution in [0.3, 0.4) is 0 Å². The van der Waals surface area contributed by atoms with Crippen LogP contribution in [0.15, 0.2) is 0 Å². The van der Waals surface area contributed by atoms with Crippen LogP contribution in [0.1, 0.15) is 39.5 Å². The second kappa shape index (κ2) is 2.88. The van der Waals surface area contributed by atoms with E-state index in [1.807, 2.05) is 0 Å². The Bertz CT molecular complexity index is 245. The van der Waals surface area contributed by atoms with E-state index in [0.717, 1.165) is 25.7 Å². The maximum absolute atomic E-state index is 6.07. The first kappa shape index (κ1) is 11.6. The van der Waals surface area contributed by atoms with Crippen LogP contribution in [0.5, 0.6) is 0 Å². The molecule has 4 heteroatoms. The number of rotatable bonds is 3. The summed E-state index contributed by atoms with van der Waals surface area (Å²) in [4.78, 5) is 0. The molecule has 0 N–H and O–H groups in total. The lowest BCUT2D eigenvalue weighted by molar-refractivity contribution is 0.397. The van der Waals surface area contributed by atoms with Gasteiger partial charge in [-0.15, -0.1) is 46.4 Å². The molecule has 82 valence electrons. The van der Waals surface area contributed by atoms with Crippen molar-refractivity contribution in [2.24, 2.45) is 10.8 Å². The summed E-state index contributed by atoms with van der Waals surface area (Å²) in [5.41, 5.74) is 0.150. The molecule has 0 radical (unpaired) electrons. The molecule has 0 nitrogen and oxygen atoms in total. The Morgan fingerprint density at radius 2 is 1.00 bits per heavy atom. The lowest BCUT2D eigenvalue weighted by Crippen LogP contribution is -2.10. The Kier molecular flexibility index (Phi) is 2.40. The fourth-order valence-electron chi connectivity index (χ4n) is 1.99. The van der Waals surface area contributed by atoms with Crippen LogP contribution in [0.2, 0.25) is 0 Å². The van der Waals surface area contributed by atoms with Crippen LogP contribution < -0.4 is 0 Å². The molecule has 0 aromatic rings. The molecule has 2 saturated carbocycles. The summed E-state index contributed by atoms with van der Waals surface area (Å²) in [6, 6.07) is 0. The molecule has 0 amide bonds. The lowest BCUT2D eigenvalue weighted by atomic mass is 9.94. The summed E-state index contributed by atoms with van der Waals surface area (Å²) in [5, 5.41) is 0.